The number of hydrogen-bond donors (Lipinski definition) is 0. The summed E-state index contributed by atoms with van der Waals surface area (Å²) < 4.78 is 25.7. The average molecular weight is 303 g/mol. The summed E-state index contributed by atoms with van der Waals surface area (Å²) in [6, 6.07) is 2.61. The van der Waals surface area contributed by atoms with E-state index in [0.29, 0.717) is 6.42 Å². The predicted octanol–water partition coefficient (Wildman–Crippen LogP) is 2.07. The molecule has 0 radical (unpaired) electrons. The van der Waals surface area contributed by atoms with Gasteiger partial charge in [-0.1, -0.05) is 24.9 Å². The number of sulfonamides is 1. The number of aromatic nitrogens is 1. The number of carbonyl (C=O) groups excluding carboxylic acids is 1. The standard InChI is InChI=1S/C12H15ClN2O3S/c1-2-3-9-6-12(16)15(8-9)19(17,18)10-4-5-14-11(13)7-10/h4-5,7,9H,2-3,6,8H2,1H3. The molecule has 0 spiro atoms. The first-order valence-corrected chi connectivity index (χ1v) is 7.94. The van der Waals surface area contributed by atoms with E-state index in [9.17, 15) is 13.2 Å². The van der Waals surface area contributed by atoms with Gasteiger partial charge >= 0.3 is 0 Å². The molecule has 0 aliphatic carbocycles. The largest absolute Gasteiger partial charge is 0.274 e. The Kier molecular flexibility index (Phi) is 4.10. The summed E-state index contributed by atoms with van der Waals surface area (Å²) in [4.78, 5) is 15.6. The number of pyridine rings is 1. The summed E-state index contributed by atoms with van der Waals surface area (Å²) in [5.74, 6) is -0.226. The van der Waals surface area contributed by atoms with E-state index in [-0.39, 0.29) is 28.4 Å². The number of amides is 1. The average Bonchev–Trinajstić information content (AvgIpc) is 2.71. The van der Waals surface area contributed by atoms with Crippen LogP contribution in [0, 0.1) is 5.92 Å². The molecule has 19 heavy (non-hydrogen) atoms. The molecule has 2 rings (SSSR count). The van der Waals surface area contributed by atoms with Crippen molar-refractivity contribution in [1.29, 1.82) is 0 Å². The van der Waals surface area contributed by atoms with Crippen LogP contribution in [0.3, 0.4) is 0 Å². The van der Waals surface area contributed by atoms with Crippen molar-refractivity contribution in [2.75, 3.05) is 6.54 Å². The summed E-state index contributed by atoms with van der Waals surface area (Å²) in [6.07, 6.45) is 3.41. The second kappa shape index (κ2) is 5.46. The molecule has 1 fully saturated rings. The van der Waals surface area contributed by atoms with Crippen molar-refractivity contribution in [1.82, 2.24) is 9.29 Å². The van der Waals surface area contributed by atoms with E-state index in [4.69, 9.17) is 11.6 Å². The van der Waals surface area contributed by atoms with Crippen LogP contribution in [0.15, 0.2) is 23.2 Å². The molecular formula is C12H15ClN2O3S. The van der Waals surface area contributed by atoms with Gasteiger partial charge in [0.25, 0.3) is 10.0 Å². The lowest BCUT2D eigenvalue weighted by Gasteiger charge is -2.17. The van der Waals surface area contributed by atoms with Crippen molar-refractivity contribution in [3.05, 3.63) is 23.5 Å². The topological polar surface area (TPSA) is 67.3 Å². The van der Waals surface area contributed by atoms with Gasteiger partial charge in [-0.15, -0.1) is 0 Å². The number of hydrogen-bond acceptors (Lipinski definition) is 4. The zero-order chi connectivity index (χ0) is 14.0. The van der Waals surface area contributed by atoms with E-state index in [0.717, 1.165) is 17.1 Å². The molecule has 5 nitrogen and oxygen atoms in total. The fourth-order valence-corrected chi connectivity index (χ4v) is 3.99. The Bertz CT molecular complexity index is 588. The van der Waals surface area contributed by atoms with E-state index in [1.54, 1.807) is 0 Å². The summed E-state index contributed by atoms with van der Waals surface area (Å²) in [5.41, 5.74) is 0. The molecule has 1 unspecified atom stereocenters. The summed E-state index contributed by atoms with van der Waals surface area (Å²) >= 11 is 5.69. The monoisotopic (exact) mass is 302 g/mol. The van der Waals surface area contributed by atoms with Crippen molar-refractivity contribution < 1.29 is 13.2 Å². The molecule has 1 aliphatic rings. The molecule has 1 saturated heterocycles. The first-order valence-electron chi connectivity index (χ1n) is 6.12. The molecule has 0 aromatic carbocycles. The Hall–Kier alpha value is -1.14. The van der Waals surface area contributed by atoms with Gasteiger partial charge in [0.05, 0.1) is 4.90 Å². The number of nitrogens with zero attached hydrogens (tertiary/aromatic N) is 2. The van der Waals surface area contributed by atoms with E-state index >= 15 is 0 Å². The summed E-state index contributed by atoms with van der Waals surface area (Å²) in [7, 11) is -3.80. The van der Waals surface area contributed by atoms with Gasteiger partial charge in [-0.05, 0) is 24.5 Å². The maximum Gasteiger partial charge on any atom is 0.266 e. The Morgan fingerprint density at radius 3 is 2.89 bits per heavy atom. The SMILES string of the molecule is CCCC1CC(=O)N(S(=O)(=O)c2ccnc(Cl)c2)C1. The Morgan fingerprint density at radius 2 is 2.26 bits per heavy atom. The zero-order valence-electron chi connectivity index (χ0n) is 10.5. The van der Waals surface area contributed by atoms with Crippen molar-refractivity contribution in [2.24, 2.45) is 5.92 Å². The fraction of sp³-hybridized carbons (Fsp3) is 0.500. The molecule has 0 N–H and O–H groups in total. The highest BCUT2D eigenvalue weighted by Crippen LogP contribution is 2.28. The number of carbonyl (C=O) groups is 1. The van der Waals surface area contributed by atoms with Gasteiger partial charge in [-0.2, -0.15) is 0 Å². The number of rotatable bonds is 4. The van der Waals surface area contributed by atoms with Gasteiger partial charge in [0.1, 0.15) is 5.15 Å². The van der Waals surface area contributed by atoms with Crippen LogP contribution in [-0.4, -0.2) is 30.2 Å². The normalized spacial score (nSPS) is 20.0. The quantitative estimate of drug-likeness (QED) is 0.799. The first-order chi connectivity index (χ1) is 8.95. The maximum atomic E-state index is 12.4. The van der Waals surface area contributed by atoms with Gasteiger partial charge in [-0.25, -0.2) is 17.7 Å². The first kappa shape index (κ1) is 14.3. The molecule has 7 heteroatoms. The van der Waals surface area contributed by atoms with Crippen molar-refractivity contribution in [3.8, 4) is 0 Å². The predicted molar refractivity (Wildman–Crippen MR) is 71.2 cm³/mol. The zero-order valence-corrected chi connectivity index (χ0v) is 12.1. The van der Waals surface area contributed by atoms with E-state index in [1.165, 1.54) is 18.3 Å². The number of halogens is 1. The highest BCUT2D eigenvalue weighted by atomic mass is 35.5. The Balaban J connectivity index is 2.28. The van der Waals surface area contributed by atoms with Crippen LogP contribution in [0.2, 0.25) is 5.15 Å². The third-order valence-corrected chi connectivity index (χ3v) is 5.14. The molecular weight excluding hydrogens is 288 g/mol. The minimum absolute atomic E-state index is 0.0120. The molecule has 1 aromatic rings. The van der Waals surface area contributed by atoms with Crippen LogP contribution >= 0.6 is 11.6 Å². The van der Waals surface area contributed by atoms with Gasteiger partial charge in [-0.3, -0.25) is 4.79 Å². The maximum absolute atomic E-state index is 12.4. The highest BCUT2D eigenvalue weighted by Gasteiger charge is 2.37. The van der Waals surface area contributed by atoms with E-state index in [2.05, 4.69) is 4.98 Å². The molecule has 0 saturated carbocycles. The molecule has 1 amide bonds. The Labute approximate surface area is 117 Å². The smallest absolute Gasteiger partial charge is 0.266 e. The second-order valence-electron chi connectivity index (χ2n) is 4.60. The third-order valence-electron chi connectivity index (χ3n) is 3.15. The highest BCUT2D eigenvalue weighted by molar-refractivity contribution is 7.89. The summed E-state index contributed by atoms with van der Waals surface area (Å²) in [6.45, 7) is 2.28. The molecule has 104 valence electrons. The van der Waals surface area contributed by atoms with Crippen LogP contribution in [0.5, 0.6) is 0 Å². The van der Waals surface area contributed by atoms with Crippen LogP contribution in [0.1, 0.15) is 26.2 Å². The second-order valence-corrected chi connectivity index (χ2v) is 6.85. The molecule has 1 aliphatic heterocycles. The van der Waals surface area contributed by atoms with Crippen LogP contribution in [0.4, 0.5) is 0 Å². The van der Waals surface area contributed by atoms with Crippen molar-refractivity contribution in [3.63, 3.8) is 0 Å². The van der Waals surface area contributed by atoms with Gasteiger partial charge in [0.2, 0.25) is 5.91 Å². The minimum Gasteiger partial charge on any atom is -0.274 e. The van der Waals surface area contributed by atoms with Crippen LogP contribution in [0.25, 0.3) is 0 Å². The lowest BCUT2D eigenvalue weighted by atomic mass is 10.0. The fourth-order valence-electron chi connectivity index (χ4n) is 2.26. The van der Waals surface area contributed by atoms with Gasteiger partial charge in [0, 0.05) is 19.2 Å². The van der Waals surface area contributed by atoms with E-state index < -0.39 is 10.0 Å². The van der Waals surface area contributed by atoms with Crippen LogP contribution < -0.4 is 0 Å². The molecule has 1 aromatic heterocycles. The molecule has 0 bridgehead atoms. The molecule has 2 heterocycles. The Morgan fingerprint density at radius 1 is 1.53 bits per heavy atom. The minimum atomic E-state index is -3.80. The van der Waals surface area contributed by atoms with Gasteiger partial charge in [0.15, 0.2) is 0 Å². The third kappa shape index (κ3) is 2.90. The summed E-state index contributed by atoms with van der Waals surface area (Å²) in [5, 5.41) is 0.0952. The van der Waals surface area contributed by atoms with Crippen molar-refractivity contribution in [2.45, 2.75) is 31.1 Å². The molecule has 1 atom stereocenters. The van der Waals surface area contributed by atoms with Crippen LogP contribution in [-0.2, 0) is 14.8 Å². The lowest BCUT2D eigenvalue weighted by Crippen LogP contribution is -2.32. The lowest BCUT2D eigenvalue weighted by molar-refractivity contribution is -0.123. The van der Waals surface area contributed by atoms with Crippen molar-refractivity contribution >= 4 is 27.5 Å². The van der Waals surface area contributed by atoms with E-state index in [1.807, 2.05) is 6.92 Å². The van der Waals surface area contributed by atoms with Gasteiger partial charge < -0.3 is 0 Å².